The van der Waals surface area contributed by atoms with E-state index in [9.17, 15) is 8.42 Å². The van der Waals surface area contributed by atoms with Crippen LogP contribution in [0.4, 0.5) is 0 Å². The molecule has 2 aromatic rings. The van der Waals surface area contributed by atoms with Crippen molar-refractivity contribution in [2.24, 2.45) is 11.7 Å². The van der Waals surface area contributed by atoms with Crippen LogP contribution >= 0.6 is 0 Å². The summed E-state index contributed by atoms with van der Waals surface area (Å²) in [5.74, 6) is 0.103. The third-order valence-corrected chi connectivity index (χ3v) is 6.67. The molecule has 2 atom stereocenters. The Balaban J connectivity index is 2.04. The van der Waals surface area contributed by atoms with Crippen molar-refractivity contribution in [3.63, 3.8) is 0 Å². The van der Waals surface area contributed by atoms with E-state index in [-0.39, 0.29) is 11.2 Å². The first-order valence-electron chi connectivity index (χ1n) is 7.05. The van der Waals surface area contributed by atoms with Crippen LogP contribution in [-0.2, 0) is 9.84 Å². The highest BCUT2D eigenvalue weighted by molar-refractivity contribution is 7.92. The van der Waals surface area contributed by atoms with Gasteiger partial charge >= 0.3 is 0 Å². The molecule has 0 aliphatic heterocycles. The molecule has 0 saturated heterocycles. The quantitative estimate of drug-likeness (QED) is 0.945. The minimum atomic E-state index is -3.27. The molecule has 0 spiro atoms. The van der Waals surface area contributed by atoms with Gasteiger partial charge in [-0.1, -0.05) is 36.8 Å². The Labute approximate surface area is 119 Å². The van der Waals surface area contributed by atoms with E-state index in [0.29, 0.717) is 11.4 Å². The molecule has 0 bridgehead atoms. The van der Waals surface area contributed by atoms with Crippen LogP contribution in [0.15, 0.2) is 47.4 Å². The molecule has 1 aliphatic rings. The van der Waals surface area contributed by atoms with Crippen molar-refractivity contribution in [1.82, 2.24) is 0 Å². The molecule has 4 heteroatoms. The van der Waals surface area contributed by atoms with Crippen LogP contribution in [0, 0.1) is 5.92 Å². The van der Waals surface area contributed by atoms with Crippen LogP contribution in [0.5, 0.6) is 0 Å². The Morgan fingerprint density at radius 3 is 2.55 bits per heavy atom. The lowest BCUT2D eigenvalue weighted by atomic mass is 10.1. The first kappa shape index (κ1) is 13.6. The zero-order valence-electron chi connectivity index (χ0n) is 11.3. The lowest BCUT2D eigenvalue weighted by Gasteiger charge is -2.18. The minimum absolute atomic E-state index is 0.103. The number of rotatable bonds is 3. The van der Waals surface area contributed by atoms with Gasteiger partial charge in [-0.2, -0.15) is 0 Å². The molecule has 2 aromatic carbocycles. The second-order valence-corrected chi connectivity index (χ2v) is 7.69. The van der Waals surface area contributed by atoms with E-state index in [4.69, 9.17) is 5.73 Å². The summed E-state index contributed by atoms with van der Waals surface area (Å²) in [4.78, 5) is 0.432. The van der Waals surface area contributed by atoms with Crippen molar-refractivity contribution in [2.45, 2.75) is 29.4 Å². The lowest BCUT2D eigenvalue weighted by Crippen LogP contribution is -2.30. The van der Waals surface area contributed by atoms with Gasteiger partial charge in [0, 0.05) is 0 Å². The topological polar surface area (TPSA) is 60.2 Å². The largest absolute Gasteiger partial charge is 0.330 e. The van der Waals surface area contributed by atoms with Gasteiger partial charge in [-0.25, -0.2) is 8.42 Å². The number of fused-ring (bicyclic) bond motifs is 1. The maximum absolute atomic E-state index is 12.8. The monoisotopic (exact) mass is 289 g/mol. The smallest absolute Gasteiger partial charge is 0.181 e. The third kappa shape index (κ3) is 2.23. The van der Waals surface area contributed by atoms with Crippen LogP contribution in [0.1, 0.15) is 19.3 Å². The highest BCUT2D eigenvalue weighted by atomic mass is 32.2. The Kier molecular flexibility index (Phi) is 3.52. The summed E-state index contributed by atoms with van der Waals surface area (Å²) in [6.07, 6.45) is 2.62. The van der Waals surface area contributed by atoms with Gasteiger partial charge in [0.15, 0.2) is 9.84 Å². The zero-order chi connectivity index (χ0) is 14.2. The Morgan fingerprint density at radius 2 is 1.80 bits per heavy atom. The number of benzene rings is 2. The van der Waals surface area contributed by atoms with Gasteiger partial charge in [0.25, 0.3) is 0 Å². The zero-order valence-corrected chi connectivity index (χ0v) is 12.1. The maximum Gasteiger partial charge on any atom is 0.181 e. The van der Waals surface area contributed by atoms with Crippen molar-refractivity contribution in [1.29, 1.82) is 0 Å². The molecule has 0 amide bonds. The molecule has 3 nitrogen and oxygen atoms in total. The van der Waals surface area contributed by atoms with Crippen LogP contribution in [0.25, 0.3) is 10.8 Å². The predicted molar refractivity (Wildman–Crippen MR) is 81.3 cm³/mol. The summed E-state index contributed by atoms with van der Waals surface area (Å²) in [7, 11) is -3.27. The minimum Gasteiger partial charge on any atom is -0.330 e. The summed E-state index contributed by atoms with van der Waals surface area (Å²) in [5.41, 5.74) is 5.73. The number of nitrogens with two attached hydrogens (primary N) is 1. The molecule has 0 heterocycles. The SMILES string of the molecule is NCC1CCCC1S(=O)(=O)c1ccc2ccccc2c1. The molecule has 1 aliphatic carbocycles. The molecule has 20 heavy (non-hydrogen) atoms. The van der Waals surface area contributed by atoms with Gasteiger partial charge < -0.3 is 5.73 Å². The van der Waals surface area contributed by atoms with E-state index < -0.39 is 9.84 Å². The summed E-state index contributed by atoms with van der Waals surface area (Å²) >= 11 is 0. The number of sulfone groups is 1. The van der Waals surface area contributed by atoms with E-state index in [2.05, 4.69) is 0 Å². The normalized spacial score (nSPS) is 23.2. The average molecular weight is 289 g/mol. The molecule has 2 N–H and O–H groups in total. The van der Waals surface area contributed by atoms with Crippen LogP contribution < -0.4 is 5.73 Å². The van der Waals surface area contributed by atoms with E-state index in [0.717, 1.165) is 30.0 Å². The molecule has 1 fully saturated rings. The standard InChI is InChI=1S/C16H19NO2S/c17-11-14-6-3-7-16(14)20(18,19)15-9-8-12-4-1-2-5-13(12)10-15/h1-2,4-5,8-10,14,16H,3,6-7,11,17H2. The van der Waals surface area contributed by atoms with E-state index >= 15 is 0 Å². The second kappa shape index (κ2) is 5.19. The van der Waals surface area contributed by atoms with Gasteiger partial charge in [0.2, 0.25) is 0 Å². The highest BCUT2D eigenvalue weighted by Crippen LogP contribution is 2.34. The van der Waals surface area contributed by atoms with Crippen molar-refractivity contribution in [3.8, 4) is 0 Å². The van der Waals surface area contributed by atoms with Crippen molar-refractivity contribution in [2.75, 3.05) is 6.54 Å². The summed E-state index contributed by atoms with van der Waals surface area (Å²) in [5, 5.41) is 1.72. The fraction of sp³-hybridized carbons (Fsp3) is 0.375. The van der Waals surface area contributed by atoms with Gasteiger partial charge in [-0.15, -0.1) is 0 Å². The van der Waals surface area contributed by atoms with Crippen LogP contribution in [-0.4, -0.2) is 20.2 Å². The Hall–Kier alpha value is -1.39. The molecule has 2 unspecified atom stereocenters. The van der Waals surface area contributed by atoms with Gasteiger partial charge in [0.05, 0.1) is 10.1 Å². The summed E-state index contributed by atoms with van der Waals surface area (Å²) in [6, 6.07) is 13.2. The summed E-state index contributed by atoms with van der Waals surface area (Å²) in [6.45, 7) is 0.456. The van der Waals surface area contributed by atoms with E-state index in [1.54, 1.807) is 12.1 Å². The van der Waals surface area contributed by atoms with Crippen molar-refractivity contribution in [3.05, 3.63) is 42.5 Å². The first-order valence-corrected chi connectivity index (χ1v) is 8.60. The fourth-order valence-electron chi connectivity index (χ4n) is 3.20. The van der Waals surface area contributed by atoms with E-state index in [1.807, 2.05) is 30.3 Å². The van der Waals surface area contributed by atoms with Gasteiger partial charge in [-0.05, 0) is 48.2 Å². The van der Waals surface area contributed by atoms with Gasteiger partial charge in [-0.3, -0.25) is 0 Å². The molecular weight excluding hydrogens is 270 g/mol. The van der Waals surface area contributed by atoms with Crippen molar-refractivity contribution >= 4 is 20.6 Å². The molecule has 106 valence electrons. The third-order valence-electron chi connectivity index (χ3n) is 4.34. The summed E-state index contributed by atoms with van der Waals surface area (Å²) < 4.78 is 25.6. The maximum atomic E-state index is 12.8. The fourth-order valence-corrected chi connectivity index (χ4v) is 5.33. The van der Waals surface area contributed by atoms with Crippen molar-refractivity contribution < 1.29 is 8.42 Å². The second-order valence-electron chi connectivity index (χ2n) is 5.52. The van der Waals surface area contributed by atoms with Crippen LogP contribution in [0.2, 0.25) is 0 Å². The average Bonchev–Trinajstić information content (AvgIpc) is 2.96. The first-order chi connectivity index (χ1) is 9.63. The molecule has 0 aromatic heterocycles. The molecule has 0 radical (unpaired) electrons. The van der Waals surface area contributed by atoms with E-state index in [1.165, 1.54) is 0 Å². The Bertz CT molecular complexity index is 724. The van der Waals surface area contributed by atoms with Gasteiger partial charge in [0.1, 0.15) is 0 Å². The molecule has 1 saturated carbocycles. The predicted octanol–water partition coefficient (Wildman–Crippen LogP) is 2.74. The number of hydrogen-bond donors (Lipinski definition) is 1. The molecular formula is C16H19NO2S. The van der Waals surface area contributed by atoms with Crippen LogP contribution in [0.3, 0.4) is 0 Å². The highest BCUT2D eigenvalue weighted by Gasteiger charge is 2.37. The molecule has 3 rings (SSSR count). The number of hydrogen-bond acceptors (Lipinski definition) is 3. The Morgan fingerprint density at radius 1 is 1.05 bits per heavy atom. The lowest BCUT2D eigenvalue weighted by molar-refractivity contribution is 0.524.